The molecule has 0 amide bonds. The Morgan fingerprint density at radius 1 is 1.14 bits per heavy atom. The Labute approximate surface area is 94.1 Å². The maximum Gasteiger partial charge on any atom is 0.116 e. The second-order valence-electron chi connectivity index (χ2n) is 2.45. The quantitative estimate of drug-likeness (QED) is 0.620. The van der Waals surface area contributed by atoms with Crippen LogP contribution in [0.5, 0.6) is 0 Å². The van der Waals surface area contributed by atoms with Crippen molar-refractivity contribution < 1.29 is 0 Å². The summed E-state index contributed by atoms with van der Waals surface area (Å²) in [5.41, 5.74) is 0. The summed E-state index contributed by atoms with van der Waals surface area (Å²) >= 11 is 4.83. The molecule has 2 aromatic rings. The number of rotatable bonds is 2. The molecule has 70 valence electrons. The summed E-state index contributed by atoms with van der Waals surface area (Å²) in [4.78, 5) is 12.2. The summed E-state index contributed by atoms with van der Waals surface area (Å²) in [5.74, 6) is 0. The Kier molecular flexibility index (Phi) is 3.10. The molecule has 0 aliphatic carbocycles. The zero-order valence-corrected chi connectivity index (χ0v) is 9.49. The first kappa shape index (κ1) is 9.61. The van der Waals surface area contributed by atoms with Crippen LogP contribution in [0.3, 0.4) is 0 Å². The highest BCUT2D eigenvalue weighted by molar-refractivity contribution is 9.10. The first-order chi connectivity index (χ1) is 6.84. The normalized spacial score (nSPS) is 10.1. The molecule has 0 atom stereocenters. The Balaban J connectivity index is 2.19. The maximum absolute atomic E-state index is 4.29. The molecule has 0 aromatic carbocycles. The lowest BCUT2D eigenvalue weighted by Crippen LogP contribution is -1.83. The van der Waals surface area contributed by atoms with Crippen molar-refractivity contribution in [3.8, 4) is 0 Å². The molecule has 2 rings (SSSR count). The van der Waals surface area contributed by atoms with Crippen LogP contribution in [0.4, 0.5) is 0 Å². The van der Waals surface area contributed by atoms with Gasteiger partial charge in [0, 0.05) is 6.20 Å². The van der Waals surface area contributed by atoms with Gasteiger partial charge in [0.05, 0.1) is 0 Å². The molecule has 2 heterocycles. The van der Waals surface area contributed by atoms with E-state index in [1.54, 1.807) is 6.20 Å². The minimum absolute atomic E-state index is 0.830. The Hall–Kier alpha value is -0.940. The summed E-state index contributed by atoms with van der Waals surface area (Å²) in [7, 11) is 0. The summed E-state index contributed by atoms with van der Waals surface area (Å²) < 4.78 is 0.830. The van der Waals surface area contributed by atoms with Gasteiger partial charge in [-0.2, -0.15) is 0 Å². The fourth-order valence-corrected chi connectivity index (χ4v) is 2.09. The van der Waals surface area contributed by atoms with Crippen molar-refractivity contribution in [3.05, 3.63) is 41.4 Å². The number of aromatic nitrogens is 3. The molecule has 0 N–H and O–H groups in total. The molecule has 0 unspecified atom stereocenters. The number of pyridine rings is 1. The van der Waals surface area contributed by atoms with E-state index in [2.05, 4.69) is 30.9 Å². The van der Waals surface area contributed by atoms with Crippen molar-refractivity contribution in [1.82, 2.24) is 15.0 Å². The van der Waals surface area contributed by atoms with Crippen LogP contribution in [-0.4, -0.2) is 15.0 Å². The molecular weight excluding hydrogens is 262 g/mol. The molecule has 0 saturated heterocycles. The van der Waals surface area contributed by atoms with Crippen LogP contribution in [0, 0.1) is 0 Å². The van der Waals surface area contributed by atoms with Crippen LogP contribution in [0.1, 0.15) is 0 Å². The first-order valence-corrected chi connectivity index (χ1v) is 5.52. The number of hydrogen-bond donors (Lipinski definition) is 0. The van der Waals surface area contributed by atoms with Crippen molar-refractivity contribution in [2.75, 3.05) is 0 Å². The monoisotopic (exact) mass is 267 g/mol. The molecule has 0 aliphatic rings. The van der Waals surface area contributed by atoms with E-state index in [-0.39, 0.29) is 0 Å². The smallest absolute Gasteiger partial charge is 0.116 e. The predicted molar refractivity (Wildman–Crippen MR) is 58.1 cm³/mol. The van der Waals surface area contributed by atoms with E-state index in [4.69, 9.17) is 0 Å². The van der Waals surface area contributed by atoms with Crippen molar-refractivity contribution in [2.45, 2.75) is 10.1 Å². The highest BCUT2D eigenvalue weighted by Crippen LogP contribution is 2.24. The van der Waals surface area contributed by atoms with Gasteiger partial charge in [0.15, 0.2) is 0 Å². The van der Waals surface area contributed by atoms with Crippen LogP contribution in [0.2, 0.25) is 0 Å². The van der Waals surface area contributed by atoms with Gasteiger partial charge in [0.1, 0.15) is 21.0 Å². The van der Waals surface area contributed by atoms with E-state index in [9.17, 15) is 0 Å². The van der Waals surface area contributed by atoms with Gasteiger partial charge in [-0.25, -0.2) is 15.0 Å². The van der Waals surface area contributed by atoms with Crippen LogP contribution in [0.15, 0.2) is 51.4 Å². The molecule has 0 fully saturated rings. The summed E-state index contributed by atoms with van der Waals surface area (Å²) in [6.45, 7) is 0. The van der Waals surface area contributed by atoms with Gasteiger partial charge in [-0.05, 0) is 45.9 Å². The second kappa shape index (κ2) is 4.52. The van der Waals surface area contributed by atoms with E-state index in [1.807, 2.05) is 24.3 Å². The molecule has 0 radical (unpaired) electrons. The van der Waals surface area contributed by atoms with Crippen molar-refractivity contribution in [2.24, 2.45) is 0 Å². The predicted octanol–water partition coefficient (Wildman–Crippen LogP) is 2.79. The SMILES string of the molecule is Brc1cccc(Sc2ccncn2)n1. The fourth-order valence-electron chi connectivity index (χ4n) is 0.893. The maximum atomic E-state index is 4.29. The first-order valence-electron chi connectivity index (χ1n) is 3.91. The lowest BCUT2D eigenvalue weighted by molar-refractivity contribution is 1.03. The molecule has 0 spiro atoms. The zero-order valence-electron chi connectivity index (χ0n) is 7.09. The van der Waals surface area contributed by atoms with Gasteiger partial charge in [-0.15, -0.1) is 0 Å². The van der Waals surface area contributed by atoms with E-state index >= 15 is 0 Å². The fraction of sp³-hybridized carbons (Fsp3) is 0. The van der Waals surface area contributed by atoms with Gasteiger partial charge in [0.2, 0.25) is 0 Å². The third-order valence-corrected chi connectivity index (χ3v) is 2.78. The average Bonchev–Trinajstić information content (AvgIpc) is 2.19. The number of hydrogen-bond acceptors (Lipinski definition) is 4. The summed E-state index contributed by atoms with van der Waals surface area (Å²) in [6.07, 6.45) is 3.24. The molecule has 0 saturated carbocycles. The van der Waals surface area contributed by atoms with Gasteiger partial charge in [0.25, 0.3) is 0 Å². The molecule has 2 aromatic heterocycles. The standard InChI is InChI=1S/C9H6BrN3S/c10-7-2-1-3-9(13-7)14-8-4-5-11-6-12-8/h1-6H. The van der Waals surface area contributed by atoms with E-state index < -0.39 is 0 Å². The summed E-state index contributed by atoms with van der Waals surface area (Å²) in [6, 6.07) is 7.63. The minimum Gasteiger partial charge on any atom is -0.245 e. The highest BCUT2D eigenvalue weighted by atomic mass is 79.9. The largest absolute Gasteiger partial charge is 0.245 e. The van der Waals surface area contributed by atoms with E-state index in [1.165, 1.54) is 18.1 Å². The number of halogens is 1. The molecule has 5 heteroatoms. The third kappa shape index (κ3) is 2.52. The van der Waals surface area contributed by atoms with E-state index in [0.29, 0.717) is 0 Å². The van der Waals surface area contributed by atoms with Crippen LogP contribution >= 0.6 is 27.7 Å². The van der Waals surface area contributed by atoms with Crippen LogP contribution in [0.25, 0.3) is 0 Å². The van der Waals surface area contributed by atoms with Gasteiger partial charge < -0.3 is 0 Å². The van der Waals surface area contributed by atoms with Gasteiger partial charge >= 0.3 is 0 Å². The zero-order chi connectivity index (χ0) is 9.80. The number of nitrogens with zero attached hydrogens (tertiary/aromatic N) is 3. The third-order valence-electron chi connectivity index (χ3n) is 1.45. The van der Waals surface area contributed by atoms with Gasteiger partial charge in [-0.3, -0.25) is 0 Å². The summed E-state index contributed by atoms with van der Waals surface area (Å²) in [5, 5.41) is 1.81. The van der Waals surface area contributed by atoms with Crippen molar-refractivity contribution >= 4 is 27.7 Å². The Morgan fingerprint density at radius 3 is 2.79 bits per heavy atom. The van der Waals surface area contributed by atoms with Gasteiger partial charge in [-0.1, -0.05) is 6.07 Å². The molecule has 3 nitrogen and oxygen atoms in total. The van der Waals surface area contributed by atoms with Crippen molar-refractivity contribution in [1.29, 1.82) is 0 Å². The average molecular weight is 268 g/mol. The van der Waals surface area contributed by atoms with E-state index in [0.717, 1.165) is 14.7 Å². The lowest BCUT2D eigenvalue weighted by atomic mass is 10.5. The Morgan fingerprint density at radius 2 is 2.07 bits per heavy atom. The van der Waals surface area contributed by atoms with Crippen LogP contribution < -0.4 is 0 Å². The van der Waals surface area contributed by atoms with Crippen molar-refractivity contribution in [3.63, 3.8) is 0 Å². The topological polar surface area (TPSA) is 38.7 Å². The van der Waals surface area contributed by atoms with Crippen LogP contribution in [-0.2, 0) is 0 Å². The highest BCUT2D eigenvalue weighted by Gasteiger charge is 1.99. The molecular formula is C9H6BrN3S. The minimum atomic E-state index is 0.830. The molecule has 14 heavy (non-hydrogen) atoms. The molecule has 0 aliphatic heterocycles. The Bertz CT molecular complexity index is 421. The molecule has 0 bridgehead atoms. The lowest BCUT2D eigenvalue weighted by Gasteiger charge is -1.98. The second-order valence-corrected chi connectivity index (χ2v) is 4.30.